The molecule has 0 radical (unpaired) electrons. The molecule has 0 bridgehead atoms. The van der Waals surface area contributed by atoms with Gasteiger partial charge in [0.15, 0.2) is 5.82 Å². The van der Waals surface area contributed by atoms with Crippen LogP contribution in [0.2, 0.25) is 0 Å². The standard InChI is InChI=1S/C35H37F2N7O5S2/c1-20-9-10-24-25(11-12-27(37)30(24)44(51(6,46)47)29-19-50-21(2)40-29)31(20)48-32-26(8-7-14-38-32)28-13-15-39-33(42-28)41-23-16-22(36)17-43(18-23)34(45)49-35(3,4)5/h7-15,19,22-23H,16-18H2,1-6H3,(H,39,41,42)/t22-,23-/m0/s1. The lowest BCUT2D eigenvalue weighted by molar-refractivity contribution is 0.0124. The van der Waals surface area contributed by atoms with Crippen LogP contribution in [0.4, 0.5) is 31.0 Å². The van der Waals surface area contributed by atoms with E-state index in [1.807, 2.05) is 6.92 Å². The summed E-state index contributed by atoms with van der Waals surface area (Å²) in [6.45, 7) is 8.94. The van der Waals surface area contributed by atoms with Crippen LogP contribution < -0.4 is 14.4 Å². The zero-order valence-electron chi connectivity index (χ0n) is 28.8. The molecule has 12 nitrogen and oxygen atoms in total. The third kappa shape index (κ3) is 8.01. The molecule has 268 valence electrons. The number of carbonyl (C=O) groups is 1. The number of fused-ring (bicyclic) bond motifs is 1. The number of piperidine rings is 1. The summed E-state index contributed by atoms with van der Waals surface area (Å²) in [6.07, 6.45) is 2.38. The molecule has 6 rings (SSSR count). The van der Waals surface area contributed by atoms with Gasteiger partial charge in [-0.15, -0.1) is 11.3 Å². The lowest BCUT2D eigenvalue weighted by Gasteiger charge is -2.36. The van der Waals surface area contributed by atoms with Crippen molar-refractivity contribution in [3.05, 3.63) is 76.6 Å². The Bertz CT molecular complexity index is 2210. The summed E-state index contributed by atoms with van der Waals surface area (Å²) in [5.41, 5.74) is 0.731. The SMILES string of the molecule is Cc1nc(N(c2c(F)ccc3c(Oc4ncccc4-c4ccnc(N[C@H]5C[C@H](F)CN(C(=O)OC(C)(C)C)C5)n4)c(C)ccc23)S(C)(=O)=O)cs1. The Balaban J connectivity index is 1.32. The van der Waals surface area contributed by atoms with Gasteiger partial charge in [-0.3, -0.25) is 0 Å². The van der Waals surface area contributed by atoms with Crippen LogP contribution in [0.1, 0.15) is 37.8 Å². The molecule has 1 aliphatic heterocycles. The van der Waals surface area contributed by atoms with Gasteiger partial charge in [0, 0.05) is 47.6 Å². The first kappa shape index (κ1) is 35.9. The van der Waals surface area contributed by atoms with Crippen LogP contribution >= 0.6 is 11.3 Å². The van der Waals surface area contributed by atoms with Gasteiger partial charge < -0.3 is 19.7 Å². The highest BCUT2D eigenvalue weighted by Crippen LogP contribution is 2.43. The second kappa shape index (κ2) is 14.0. The molecule has 0 aliphatic carbocycles. The second-order valence-electron chi connectivity index (χ2n) is 13.2. The van der Waals surface area contributed by atoms with Gasteiger partial charge in [0.1, 0.15) is 29.0 Å². The predicted molar refractivity (Wildman–Crippen MR) is 193 cm³/mol. The molecule has 2 aromatic carbocycles. The molecule has 0 spiro atoms. The maximum absolute atomic E-state index is 15.6. The lowest BCUT2D eigenvalue weighted by atomic mass is 10.0. The maximum Gasteiger partial charge on any atom is 0.410 e. The highest BCUT2D eigenvalue weighted by atomic mass is 32.2. The maximum atomic E-state index is 15.6. The van der Waals surface area contributed by atoms with Crippen LogP contribution in [0.15, 0.2) is 60.2 Å². The lowest BCUT2D eigenvalue weighted by Crippen LogP contribution is -2.51. The Labute approximate surface area is 298 Å². The molecule has 0 saturated carbocycles. The summed E-state index contributed by atoms with van der Waals surface area (Å²) < 4.78 is 69.3. The van der Waals surface area contributed by atoms with Crippen molar-refractivity contribution in [3.8, 4) is 22.9 Å². The first-order chi connectivity index (χ1) is 24.1. The van der Waals surface area contributed by atoms with Crippen molar-refractivity contribution >= 4 is 55.7 Å². The van der Waals surface area contributed by atoms with Gasteiger partial charge in [-0.25, -0.2) is 46.2 Å². The fourth-order valence-electron chi connectivity index (χ4n) is 5.82. The van der Waals surface area contributed by atoms with Crippen LogP contribution in [0.3, 0.4) is 0 Å². The number of anilines is 3. The molecule has 16 heteroatoms. The molecule has 1 aliphatic rings. The van der Waals surface area contributed by atoms with E-state index in [4.69, 9.17) is 9.47 Å². The Hall–Kier alpha value is -4.96. The number of aromatic nitrogens is 4. The van der Waals surface area contributed by atoms with Crippen molar-refractivity contribution in [2.75, 3.05) is 29.0 Å². The predicted octanol–water partition coefficient (Wildman–Crippen LogP) is 7.55. The number of alkyl halides is 1. The average Bonchev–Trinajstić information content (AvgIpc) is 3.47. The second-order valence-corrected chi connectivity index (χ2v) is 16.1. The van der Waals surface area contributed by atoms with Crippen LogP contribution in [-0.2, 0) is 14.8 Å². The number of benzene rings is 2. The highest BCUT2D eigenvalue weighted by Gasteiger charge is 2.33. The van der Waals surface area contributed by atoms with Crippen molar-refractivity contribution in [2.45, 2.75) is 58.9 Å². The molecule has 5 aromatic rings. The summed E-state index contributed by atoms with van der Waals surface area (Å²) in [6, 6.07) is 10.8. The largest absolute Gasteiger partial charge is 0.444 e. The van der Waals surface area contributed by atoms with Gasteiger partial charge in [-0.2, -0.15) is 0 Å². The van der Waals surface area contributed by atoms with Crippen LogP contribution in [0.5, 0.6) is 11.6 Å². The van der Waals surface area contributed by atoms with Crippen molar-refractivity contribution in [2.24, 2.45) is 0 Å². The van der Waals surface area contributed by atoms with Crippen molar-refractivity contribution in [3.63, 3.8) is 0 Å². The average molecular weight is 738 g/mol. The summed E-state index contributed by atoms with van der Waals surface area (Å²) in [5.74, 6) is 0.0607. The fraction of sp³-hybridized carbons (Fsp3) is 0.343. The minimum Gasteiger partial charge on any atom is -0.444 e. The Morgan fingerprint density at radius 3 is 2.51 bits per heavy atom. The van der Waals surface area contributed by atoms with E-state index in [9.17, 15) is 17.6 Å². The van der Waals surface area contributed by atoms with Crippen molar-refractivity contribution in [1.82, 2.24) is 24.8 Å². The van der Waals surface area contributed by atoms with Gasteiger partial charge in [-0.05, 0) is 70.5 Å². The topological polar surface area (TPSA) is 140 Å². The van der Waals surface area contributed by atoms with Crippen LogP contribution in [0.25, 0.3) is 22.0 Å². The van der Waals surface area contributed by atoms with E-state index in [1.165, 1.54) is 28.4 Å². The van der Waals surface area contributed by atoms with Gasteiger partial charge >= 0.3 is 6.09 Å². The number of hydrogen-bond acceptors (Lipinski definition) is 11. The number of sulfonamides is 1. The number of likely N-dealkylation sites (tertiary alicyclic amines) is 1. The van der Waals surface area contributed by atoms with Gasteiger partial charge in [0.05, 0.1) is 29.1 Å². The summed E-state index contributed by atoms with van der Waals surface area (Å²) in [5, 5.41) is 6.07. The van der Waals surface area contributed by atoms with Gasteiger partial charge in [0.25, 0.3) is 0 Å². The summed E-state index contributed by atoms with van der Waals surface area (Å²) in [7, 11) is -4.01. The van der Waals surface area contributed by atoms with E-state index >= 15 is 4.39 Å². The highest BCUT2D eigenvalue weighted by molar-refractivity contribution is 7.92. The number of halogens is 2. The molecule has 2 atom stereocenters. The van der Waals surface area contributed by atoms with E-state index in [0.717, 1.165) is 10.6 Å². The third-order valence-electron chi connectivity index (χ3n) is 7.91. The number of aryl methyl sites for hydroxylation is 2. The molecule has 1 saturated heterocycles. The van der Waals surface area contributed by atoms with Gasteiger partial charge in [-0.1, -0.05) is 12.1 Å². The van der Waals surface area contributed by atoms with Crippen LogP contribution in [-0.4, -0.2) is 76.5 Å². The smallest absolute Gasteiger partial charge is 0.410 e. The van der Waals surface area contributed by atoms with Gasteiger partial charge in [0.2, 0.25) is 21.9 Å². The first-order valence-corrected chi connectivity index (χ1v) is 18.8. The Morgan fingerprint density at radius 2 is 1.80 bits per heavy atom. The number of hydrogen-bond donors (Lipinski definition) is 1. The van der Waals surface area contributed by atoms with E-state index in [-0.39, 0.29) is 48.2 Å². The zero-order chi connectivity index (χ0) is 36.7. The summed E-state index contributed by atoms with van der Waals surface area (Å²) in [4.78, 5) is 31.8. The number of nitrogens with one attached hydrogen (secondary N) is 1. The van der Waals surface area contributed by atoms with E-state index in [1.54, 1.807) is 75.8 Å². The molecule has 1 amide bonds. The minimum absolute atomic E-state index is 0.0665. The normalized spacial score (nSPS) is 16.6. The number of thiazole rings is 1. The van der Waals surface area contributed by atoms with E-state index < -0.39 is 39.7 Å². The zero-order valence-corrected chi connectivity index (χ0v) is 30.5. The van der Waals surface area contributed by atoms with Crippen LogP contribution in [0, 0.1) is 19.7 Å². The quantitative estimate of drug-likeness (QED) is 0.170. The minimum atomic E-state index is -4.01. The number of ether oxygens (including phenoxy) is 2. The number of nitrogens with zero attached hydrogens (tertiary/aromatic N) is 6. The Kier molecular flexibility index (Phi) is 9.83. The van der Waals surface area contributed by atoms with E-state index in [0.29, 0.717) is 33.0 Å². The number of amides is 1. The Morgan fingerprint density at radius 1 is 1.04 bits per heavy atom. The monoisotopic (exact) mass is 737 g/mol. The molecule has 3 aromatic heterocycles. The fourth-order valence-corrected chi connectivity index (χ4v) is 7.42. The molecule has 4 heterocycles. The van der Waals surface area contributed by atoms with Crippen molar-refractivity contribution in [1.29, 1.82) is 0 Å². The van der Waals surface area contributed by atoms with E-state index in [2.05, 4.69) is 25.3 Å². The molecule has 51 heavy (non-hydrogen) atoms. The van der Waals surface area contributed by atoms with Crippen molar-refractivity contribution < 1.29 is 31.5 Å². The first-order valence-electron chi connectivity index (χ1n) is 16.1. The molecular weight excluding hydrogens is 701 g/mol. The molecular formula is C35H37F2N7O5S2. The molecule has 1 fully saturated rings. The summed E-state index contributed by atoms with van der Waals surface area (Å²) >= 11 is 1.25. The molecule has 0 unspecified atom stereocenters. The number of rotatable bonds is 8. The number of pyridine rings is 1. The third-order valence-corrected chi connectivity index (χ3v) is 9.70. The number of carbonyl (C=O) groups excluding carboxylic acids is 1. The molecule has 1 N–H and O–H groups in total.